The molecule has 0 atom stereocenters. The van der Waals surface area contributed by atoms with Crippen LogP contribution in [0.25, 0.3) is 0 Å². The molecule has 5 nitrogen and oxygen atoms in total. The van der Waals surface area contributed by atoms with Gasteiger partial charge < -0.3 is 10.5 Å². The van der Waals surface area contributed by atoms with E-state index in [1.54, 1.807) is 13.8 Å². The molecular formula is C8H10ClN3O2. The summed E-state index contributed by atoms with van der Waals surface area (Å²) in [5.41, 5.74) is 5.92. The molecule has 76 valence electrons. The molecule has 0 aliphatic rings. The van der Waals surface area contributed by atoms with Crippen LogP contribution < -0.4 is 5.73 Å². The molecule has 14 heavy (non-hydrogen) atoms. The Balaban J connectivity index is 3.09. The van der Waals surface area contributed by atoms with Crippen LogP contribution in [0.2, 0.25) is 5.15 Å². The molecule has 0 fully saturated rings. The normalized spacial score (nSPS) is 9.93. The Kier molecular flexibility index (Phi) is 3.24. The molecule has 0 saturated carbocycles. The van der Waals surface area contributed by atoms with E-state index >= 15 is 0 Å². The molecule has 0 spiro atoms. The number of esters is 1. The first-order chi connectivity index (χ1) is 6.56. The molecule has 2 N–H and O–H groups in total. The molecular weight excluding hydrogens is 206 g/mol. The number of hydrogen-bond acceptors (Lipinski definition) is 5. The van der Waals surface area contributed by atoms with Crippen LogP contribution in [0.5, 0.6) is 0 Å². The van der Waals surface area contributed by atoms with Crippen LogP contribution in [-0.2, 0) is 4.74 Å². The van der Waals surface area contributed by atoms with E-state index in [9.17, 15) is 4.79 Å². The number of carbonyl (C=O) groups is 1. The Bertz CT molecular complexity index is 368. The quantitative estimate of drug-likeness (QED) is 0.750. The Morgan fingerprint density at radius 2 is 2.21 bits per heavy atom. The first-order valence-corrected chi connectivity index (χ1v) is 4.40. The zero-order valence-corrected chi connectivity index (χ0v) is 8.63. The van der Waals surface area contributed by atoms with Gasteiger partial charge in [-0.1, -0.05) is 11.6 Å². The van der Waals surface area contributed by atoms with E-state index in [0.717, 1.165) is 0 Å². The van der Waals surface area contributed by atoms with Crippen molar-refractivity contribution in [2.75, 3.05) is 12.3 Å². The summed E-state index contributed by atoms with van der Waals surface area (Å²) in [6, 6.07) is 0. The van der Waals surface area contributed by atoms with Crippen molar-refractivity contribution in [2.45, 2.75) is 13.8 Å². The highest BCUT2D eigenvalue weighted by Gasteiger charge is 2.15. The third kappa shape index (κ3) is 2.11. The summed E-state index contributed by atoms with van der Waals surface area (Å²) in [7, 11) is 0. The SMILES string of the molecule is CCOC(=O)c1nc(C)c(Cl)nc1N. The lowest BCUT2D eigenvalue weighted by atomic mass is 10.4. The van der Waals surface area contributed by atoms with Gasteiger partial charge in [-0.25, -0.2) is 14.8 Å². The van der Waals surface area contributed by atoms with Crippen LogP contribution in [0.4, 0.5) is 5.82 Å². The van der Waals surface area contributed by atoms with Crippen molar-refractivity contribution >= 4 is 23.4 Å². The summed E-state index contributed by atoms with van der Waals surface area (Å²) in [6.07, 6.45) is 0. The van der Waals surface area contributed by atoms with Gasteiger partial charge in [-0.2, -0.15) is 0 Å². The number of nitrogens with two attached hydrogens (primary N) is 1. The van der Waals surface area contributed by atoms with Crippen LogP contribution in [0.1, 0.15) is 23.1 Å². The third-order valence-corrected chi connectivity index (χ3v) is 1.87. The lowest BCUT2D eigenvalue weighted by Gasteiger charge is -2.05. The van der Waals surface area contributed by atoms with Gasteiger partial charge in [0.1, 0.15) is 0 Å². The van der Waals surface area contributed by atoms with E-state index < -0.39 is 5.97 Å². The number of ether oxygens (including phenoxy) is 1. The maximum absolute atomic E-state index is 11.3. The van der Waals surface area contributed by atoms with Crippen molar-refractivity contribution in [3.05, 3.63) is 16.5 Å². The first kappa shape index (κ1) is 10.7. The van der Waals surface area contributed by atoms with E-state index in [0.29, 0.717) is 5.69 Å². The van der Waals surface area contributed by atoms with Crippen LogP contribution in [0.3, 0.4) is 0 Å². The Hall–Kier alpha value is -1.36. The van der Waals surface area contributed by atoms with Gasteiger partial charge in [0.2, 0.25) is 0 Å². The number of nitrogen functional groups attached to an aromatic ring is 1. The molecule has 0 aromatic carbocycles. The fraction of sp³-hybridized carbons (Fsp3) is 0.375. The molecule has 0 radical (unpaired) electrons. The molecule has 0 aliphatic heterocycles. The molecule has 0 unspecified atom stereocenters. The van der Waals surface area contributed by atoms with Gasteiger partial charge in [-0.05, 0) is 13.8 Å². The second kappa shape index (κ2) is 4.23. The van der Waals surface area contributed by atoms with E-state index in [1.807, 2.05) is 0 Å². The molecule has 1 rings (SSSR count). The minimum atomic E-state index is -0.586. The van der Waals surface area contributed by atoms with Crippen molar-refractivity contribution < 1.29 is 9.53 Å². The summed E-state index contributed by atoms with van der Waals surface area (Å²) >= 11 is 5.66. The van der Waals surface area contributed by atoms with Crippen molar-refractivity contribution in [3.8, 4) is 0 Å². The van der Waals surface area contributed by atoms with Gasteiger partial charge in [0.15, 0.2) is 16.7 Å². The van der Waals surface area contributed by atoms with E-state index in [-0.39, 0.29) is 23.3 Å². The number of halogens is 1. The number of rotatable bonds is 2. The molecule has 1 aromatic heterocycles. The zero-order chi connectivity index (χ0) is 10.7. The van der Waals surface area contributed by atoms with E-state index in [4.69, 9.17) is 22.1 Å². The van der Waals surface area contributed by atoms with E-state index in [2.05, 4.69) is 9.97 Å². The second-order valence-electron chi connectivity index (χ2n) is 2.55. The number of anilines is 1. The van der Waals surface area contributed by atoms with Gasteiger partial charge in [-0.3, -0.25) is 0 Å². The summed E-state index contributed by atoms with van der Waals surface area (Å²) in [5.74, 6) is -0.601. The number of hydrogen-bond donors (Lipinski definition) is 1. The summed E-state index contributed by atoms with van der Waals surface area (Å²) in [5, 5.41) is 0.190. The monoisotopic (exact) mass is 215 g/mol. The molecule has 6 heteroatoms. The minimum absolute atomic E-state index is 0.00810. The predicted molar refractivity (Wildman–Crippen MR) is 52.1 cm³/mol. The van der Waals surface area contributed by atoms with Gasteiger partial charge in [-0.15, -0.1) is 0 Å². The van der Waals surface area contributed by atoms with Crippen LogP contribution in [-0.4, -0.2) is 22.5 Å². The average Bonchev–Trinajstić information content (AvgIpc) is 2.11. The van der Waals surface area contributed by atoms with Crippen LogP contribution >= 0.6 is 11.6 Å². The van der Waals surface area contributed by atoms with Gasteiger partial charge >= 0.3 is 5.97 Å². The van der Waals surface area contributed by atoms with Crippen molar-refractivity contribution in [2.24, 2.45) is 0 Å². The van der Waals surface area contributed by atoms with Gasteiger partial charge in [0, 0.05) is 0 Å². The highest BCUT2D eigenvalue weighted by atomic mass is 35.5. The second-order valence-corrected chi connectivity index (χ2v) is 2.91. The number of aromatic nitrogens is 2. The van der Waals surface area contributed by atoms with E-state index in [1.165, 1.54) is 0 Å². The number of nitrogens with zero attached hydrogens (tertiary/aromatic N) is 2. The van der Waals surface area contributed by atoms with Gasteiger partial charge in [0.25, 0.3) is 0 Å². The average molecular weight is 216 g/mol. The Morgan fingerprint density at radius 1 is 1.57 bits per heavy atom. The van der Waals surface area contributed by atoms with Crippen LogP contribution in [0.15, 0.2) is 0 Å². The number of aryl methyl sites for hydroxylation is 1. The van der Waals surface area contributed by atoms with Crippen LogP contribution in [0, 0.1) is 6.92 Å². The molecule has 0 aliphatic carbocycles. The highest BCUT2D eigenvalue weighted by Crippen LogP contribution is 2.15. The molecule has 0 saturated heterocycles. The van der Waals surface area contributed by atoms with Crippen molar-refractivity contribution in [1.82, 2.24) is 9.97 Å². The molecule has 0 amide bonds. The fourth-order valence-electron chi connectivity index (χ4n) is 0.860. The van der Waals surface area contributed by atoms with Crippen molar-refractivity contribution in [3.63, 3.8) is 0 Å². The Morgan fingerprint density at radius 3 is 2.79 bits per heavy atom. The predicted octanol–water partition coefficient (Wildman–Crippen LogP) is 1.20. The maximum atomic E-state index is 11.3. The fourth-order valence-corrected chi connectivity index (χ4v) is 0.994. The largest absolute Gasteiger partial charge is 0.461 e. The molecule has 1 heterocycles. The maximum Gasteiger partial charge on any atom is 0.360 e. The minimum Gasteiger partial charge on any atom is -0.461 e. The van der Waals surface area contributed by atoms with Crippen molar-refractivity contribution in [1.29, 1.82) is 0 Å². The standard InChI is InChI=1S/C8H10ClN3O2/c1-3-14-8(13)5-7(10)12-6(9)4(2)11-5/h3H2,1-2H3,(H2,10,12). The number of carbonyl (C=O) groups excluding carboxylic acids is 1. The Labute approximate surface area is 86.2 Å². The summed E-state index contributed by atoms with van der Waals surface area (Å²) in [6.45, 7) is 3.60. The topological polar surface area (TPSA) is 78.1 Å². The summed E-state index contributed by atoms with van der Waals surface area (Å²) < 4.78 is 4.74. The third-order valence-electron chi connectivity index (χ3n) is 1.51. The lowest BCUT2D eigenvalue weighted by Crippen LogP contribution is -2.13. The molecule has 0 bridgehead atoms. The van der Waals surface area contributed by atoms with Gasteiger partial charge in [0.05, 0.1) is 12.3 Å². The smallest absolute Gasteiger partial charge is 0.360 e. The summed E-state index contributed by atoms with van der Waals surface area (Å²) in [4.78, 5) is 18.9. The zero-order valence-electron chi connectivity index (χ0n) is 7.87. The lowest BCUT2D eigenvalue weighted by molar-refractivity contribution is 0.0520. The molecule has 1 aromatic rings. The highest BCUT2D eigenvalue weighted by molar-refractivity contribution is 6.30. The first-order valence-electron chi connectivity index (χ1n) is 4.03.